The van der Waals surface area contributed by atoms with Crippen molar-refractivity contribution in [3.05, 3.63) is 24.3 Å². The fourth-order valence-corrected chi connectivity index (χ4v) is 3.25. The van der Waals surface area contributed by atoms with Gasteiger partial charge in [0.1, 0.15) is 11.4 Å². The first-order valence-corrected chi connectivity index (χ1v) is 8.35. The molecule has 0 unspecified atom stereocenters. The normalized spacial score (nSPS) is 11.2. The molecule has 21 heavy (non-hydrogen) atoms. The van der Waals surface area contributed by atoms with Gasteiger partial charge in [-0.15, -0.1) is 0 Å². The molecule has 118 valence electrons. The summed E-state index contributed by atoms with van der Waals surface area (Å²) in [6.45, 7) is 4.57. The van der Waals surface area contributed by atoms with Crippen LogP contribution in [-0.2, 0) is 19.6 Å². The third-order valence-corrected chi connectivity index (χ3v) is 4.46. The van der Waals surface area contributed by atoms with Gasteiger partial charge >= 0.3 is 5.97 Å². The number of ether oxygens (including phenoxy) is 1. The van der Waals surface area contributed by atoms with Crippen molar-refractivity contribution in [1.29, 1.82) is 0 Å². The van der Waals surface area contributed by atoms with E-state index in [-0.39, 0.29) is 11.4 Å². The van der Waals surface area contributed by atoms with E-state index in [0.717, 1.165) is 6.42 Å². The number of esters is 1. The third-order valence-electron chi connectivity index (χ3n) is 2.87. The summed E-state index contributed by atoms with van der Waals surface area (Å²) in [4.78, 5) is 13.4. The van der Waals surface area contributed by atoms with Crippen LogP contribution in [0.5, 0.6) is 0 Å². The standard InChI is InChI=1S/C14H22N2O4S/c1-4-10-16(11-14(17)20-3)12-8-6-7-9-13(12)21(18,19)15-5-2/h6-9,15H,4-5,10-11H2,1-3H3. The maximum Gasteiger partial charge on any atom is 0.325 e. The molecule has 0 saturated carbocycles. The van der Waals surface area contributed by atoms with Gasteiger partial charge in [-0.3, -0.25) is 4.79 Å². The molecule has 0 aliphatic heterocycles. The number of sulfonamides is 1. The van der Waals surface area contributed by atoms with Gasteiger partial charge < -0.3 is 9.64 Å². The number of benzene rings is 1. The molecule has 0 aliphatic rings. The summed E-state index contributed by atoms with van der Waals surface area (Å²) in [7, 11) is -2.28. The van der Waals surface area contributed by atoms with Crippen molar-refractivity contribution in [2.24, 2.45) is 0 Å². The number of anilines is 1. The van der Waals surface area contributed by atoms with Crippen LogP contribution in [0.3, 0.4) is 0 Å². The highest BCUT2D eigenvalue weighted by Gasteiger charge is 2.22. The highest BCUT2D eigenvalue weighted by atomic mass is 32.2. The molecule has 1 aromatic rings. The molecule has 0 aliphatic carbocycles. The predicted molar refractivity (Wildman–Crippen MR) is 81.8 cm³/mol. The van der Waals surface area contributed by atoms with E-state index in [1.54, 1.807) is 30.0 Å². The maximum absolute atomic E-state index is 12.3. The van der Waals surface area contributed by atoms with Crippen LogP contribution in [-0.4, -0.2) is 41.1 Å². The Morgan fingerprint density at radius 1 is 1.29 bits per heavy atom. The van der Waals surface area contributed by atoms with E-state index in [1.165, 1.54) is 13.2 Å². The van der Waals surface area contributed by atoms with Crippen molar-refractivity contribution < 1.29 is 17.9 Å². The molecule has 0 aromatic heterocycles. The Morgan fingerprint density at radius 2 is 1.95 bits per heavy atom. The molecule has 0 bridgehead atoms. The Kier molecular flexibility index (Phi) is 6.64. The summed E-state index contributed by atoms with van der Waals surface area (Å²) in [5, 5.41) is 0. The molecule has 0 fully saturated rings. The first-order valence-electron chi connectivity index (χ1n) is 6.86. The summed E-state index contributed by atoms with van der Waals surface area (Å²) in [6, 6.07) is 6.65. The summed E-state index contributed by atoms with van der Waals surface area (Å²) in [6.07, 6.45) is 0.784. The molecule has 1 aromatic carbocycles. The molecule has 0 atom stereocenters. The van der Waals surface area contributed by atoms with Crippen molar-refractivity contribution in [3.63, 3.8) is 0 Å². The summed E-state index contributed by atoms with van der Waals surface area (Å²) in [5.41, 5.74) is 0.505. The highest BCUT2D eigenvalue weighted by molar-refractivity contribution is 7.89. The number of nitrogens with zero attached hydrogens (tertiary/aromatic N) is 1. The number of carbonyl (C=O) groups is 1. The number of hydrogen-bond acceptors (Lipinski definition) is 5. The van der Waals surface area contributed by atoms with E-state index in [4.69, 9.17) is 0 Å². The largest absolute Gasteiger partial charge is 0.468 e. The topological polar surface area (TPSA) is 75.7 Å². The minimum absolute atomic E-state index is 0.0169. The number of nitrogens with one attached hydrogen (secondary N) is 1. The van der Waals surface area contributed by atoms with Crippen molar-refractivity contribution in [1.82, 2.24) is 4.72 Å². The Labute approximate surface area is 126 Å². The first kappa shape index (κ1) is 17.5. The number of hydrogen-bond donors (Lipinski definition) is 1. The van der Waals surface area contributed by atoms with Crippen molar-refractivity contribution in [2.75, 3.05) is 31.6 Å². The zero-order valence-electron chi connectivity index (χ0n) is 12.6. The zero-order valence-corrected chi connectivity index (χ0v) is 13.4. The van der Waals surface area contributed by atoms with E-state index < -0.39 is 16.0 Å². The van der Waals surface area contributed by atoms with E-state index in [1.807, 2.05) is 6.92 Å². The Morgan fingerprint density at radius 3 is 2.52 bits per heavy atom. The van der Waals surface area contributed by atoms with Gasteiger partial charge in [0.2, 0.25) is 10.0 Å². The van der Waals surface area contributed by atoms with E-state index in [0.29, 0.717) is 18.8 Å². The molecule has 0 heterocycles. The van der Waals surface area contributed by atoms with Crippen molar-refractivity contribution in [3.8, 4) is 0 Å². The average molecular weight is 314 g/mol. The minimum Gasteiger partial charge on any atom is -0.468 e. The van der Waals surface area contributed by atoms with Crippen LogP contribution in [0.15, 0.2) is 29.2 Å². The smallest absolute Gasteiger partial charge is 0.325 e. The molecule has 0 amide bonds. The van der Waals surface area contributed by atoms with E-state index in [2.05, 4.69) is 9.46 Å². The lowest BCUT2D eigenvalue weighted by Crippen LogP contribution is -2.33. The second kappa shape index (κ2) is 7.99. The van der Waals surface area contributed by atoms with Gasteiger partial charge in [0.05, 0.1) is 12.8 Å². The van der Waals surface area contributed by atoms with Crippen LogP contribution in [0.2, 0.25) is 0 Å². The second-order valence-corrected chi connectivity index (χ2v) is 6.20. The van der Waals surface area contributed by atoms with Crippen LogP contribution in [0.4, 0.5) is 5.69 Å². The van der Waals surface area contributed by atoms with Crippen LogP contribution in [0, 0.1) is 0 Å². The molecule has 0 radical (unpaired) electrons. The van der Waals surface area contributed by atoms with Gasteiger partial charge in [-0.25, -0.2) is 13.1 Å². The number of methoxy groups -OCH3 is 1. The first-order chi connectivity index (χ1) is 9.96. The summed E-state index contributed by atoms with van der Waals surface area (Å²) in [5.74, 6) is -0.404. The van der Waals surface area contributed by atoms with Crippen LogP contribution < -0.4 is 9.62 Å². The van der Waals surface area contributed by atoms with Crippen LogP contribution in [0.25, 0.3) is 0 Å². The summed E-state index contributed by atoms with van der Waals surface area (Å²) < 4.78 is 31.7. The molecular formula is C14H22N2O4S. The number of carbonyl (C=O) groups excluding carboxylic acids is 1. The molecule has 7 heteroatoms. The van der Waals surface area contributed by atoms with Gasteiger partial charge in [0, 0.05) is 13.1 Å². The lowest BCUT2D eigenvalue weighted by molar-refractivity contribution is -0.138. The van der Waals surface area contributed by atoms with Gasteiger partial charge in [0.25, 0.3) is 0 Å². The van der Waals surface area contributed by atoms with Gasteiger partial charge in [-0.05, 0) is 18.6 Å². The Hall–Kier alpha value is -1.60. The fraction of sp³-hybridized carbons (Fsp3) is 0.500. The van der Waals surface area contributed by atoms with E-state index in [9.17, 15) is 13.2 Å². The number of para-hydroxylation sites is 1. The SMILES string of the molecule is CCCN(CC(=O)OC)c1ccccc1S(=O)(=O)NCC. The minimum atomic E-state index is -3.59. The van der Waals surface area contributed by atoms with Gasteiger partial charge in [0.15, 0.2) is 0 Å². The van der Waals surface area contributed by atoms with Crippen LogP contribution in [0.1, 0.15) is 20.3 Å². The zero-order chi connectivity index (χ0) is 15.9. The molecule has 6 nitrogen and oxygen atoms in total. The lowest BCUT2D eigenvalue weighted by Gasteiger charge is -2.25. The molecular weight excluding hydrogens is 292 g/mol. The highest BCUT2D eigenvalue weighted by Crippen LogP contribution is 2.25. The monoisotopic (exact) mass is 314 g/mol. The van der Waals surface area contributed by atoms with Crippen molar-refractivity contribution in [2.45, 2.75) is 25.2 Å². The molecule has 0 spiro atoms. The molecule has 1 rings (SSSR count). The third kappa shape index (κ3) is 4.71. The lowest BCUT2D eigenvalue weighted by atomic mass is 10.2. The Bertz CT molecular complexity index is 572. The van der Waals surface area contributed by atoms with Crippen LogP contribution >= 0.6 is 0 Å². The number of rotatable bonds is 8. The fourth-order valence-electron chi connectivity index (χ4n) is 1.99. The summed E-state index contributed by atoms with van der Waals surface area (Å²) >= 11 is 0. The average Bonchev–Trinajstić information content (AvgIpc) is 2.46. The maximum atomic E-state index is 12.3. The molecule has 1 N–H and O–H groups in total. The second-order valence-electron chi connectivity index (χ2n) is 4.47. The van der Waals surface area contributed by atoms with E-state index >= 15 is 0 Å². The Balaban J connectivity index is 3.23. The van der Waals surface area contributed by atoms with Gasteiger partial charge in [-0.1, -0.05) is 26.0 Å². The predicted octanol–water partition coefficient (Wildman–Crippen LogP) is 1.37. The van der Waals surface area contributed by atoms with Crippen molar-refractivity contribution >= 4 is 21.7 Å². The van der Waals surface area contributed by atoms with Gasteiger partial charge in [-0.2, -0.15) is 0 Å². The molecule has 0 saturated heterocycles. The quantitative estimate of drug-likeness (QED) is 0.734.